The summed E-state index contributed by atoms with van der Waals surface area (Å²) in [7, 11) is 0. The maximum absolute atomic E-state index is 14.7. The van der Waals surface area contributed by atoms with Gasteiger partial charge < -0.3 is 24.5 Å². The van der Waals surface area contributed by atoms with Crippen molar-refractivity contribution >= 4 is 23.4 Å². The molecule has 8 heteroatoms. The van der Waals surface area contributed by atoms with Crippen LogP contribution in [0.4, 0.5) is 5.69 Å². The number of hydrogen-bond donors (Lipinski definition) is 1. The fourth-order valence-electron chi connectivity index (χ4n) is 7.25. The van der Waals surface area contributed by atoms with Gasteiger partial charge in [0.25, 0.3) is 5.91 Å². The number of para-hydroxylation sites is 1. The van der Waals surface area contributed by atoms with Crippen LogP contribution >= 0.6 is 0 Å². The number of amides is 3. The van der Waals surface area contributed by atoms with Crippen LogP contribution in [0.2, 0.25) is 0 Å². The van der Waals surface area contributed by atoms with E-state index in [1.54, 1.807) is 14.7 Å². The van der Waals surface area contributed by atoms with Gasteiger partial charge in [0.1, 0.15) is 11.6 Å². The predicted octanol–water partition coefficient (Wildman–Crippen LogP) is 3.00. The first-order valence-corrected chi connectivity index (χ1v) is 14.3. The van der Waals surface area contributed by atoms with Gasteiger partial charge in [-0.1, -0.05) is 63.3 Å². The van der Waals surface area contributed by atoms with Crippen molar-refractivity contribution in [2.75, 3.05) is 31.1 Å². The van der Waals surface area contributed by atoms with Gasteiger partial charge in [0, 0.05) is 25.3 Å². The third-order valence-electron chi connectivity index (χ3n) is 8.73. The number of rotatable bonds is 7. The summed E-state index contributed by atoms with van der Waals surface area (Å²) in [6, 6.07) is 4.37. The highest BCUT2D eigenvalue weighted by Crippen LogP contribution is 2.54. The van der Waals surface area contributed by atoms with E-state index in [1.807, 2.05) is 77.1 Å². The molecule has 4 aliphatic heterocycles. The van der Waals surface area contributed by atoms with E-state index in [4.69, 9.17) is 4.74 Å². The molecule has 2 fully saturated rings. The Bertz CT molecular complexity index is 1190. The number of ether oxygens (including phenoxy) is 1. The summed E-state index contributed by atoms with van der Waals surface area (Å²) in [5.74, 6) is -2.01. The molecule has 1 aromatic carbocycles. The lowest BCUT2D eigenvalue weighted by atomic mass is 9.77. The predicted molar refractivity (Wildman–Crippen MR) is 149 cm³/mol. The van der Waals surface area contributed by atoms with Gasteiger partial charge in [-0.15, -0.1) is 0 Å². The minimum absolute atomic E-state index is 0.108. The summed E-state index contributed by atoms with van der Waals surface area (Å²) < 4.78 is 6.74. The molecular weight excluding hydrogens is 494 g/mol. The van der Waals surface area contributed by atoms with Gasteiger partial charge in [-0.25, -0.2) is 0 Å². The van der Waals surface area contributed by atoms with Gasteiger partial charge in [0.05, 0.1) is 30.6 Å². The second kappa shape index (κ2) is 10.5. The monoisotopic (exact) mass is 535 g/mol. The molecule has 8 nitrogen and oxygen atoms in total. The van der Waals surface area contributed by atoms with Crippen LogP contribution in [-0.2, 0) is 19.1 Å². The third kappa shape index (κ3) is 4.32. The summed E-state index contributed by atoms with van der Waals surface area (Å²) >= 11 is 0. The lowest BCUT2D eigenvalue weighted by Crippen LogP contribution is -2.58. The number of fused-ring (bicyclic) bond motifs is 2. The van der Waals surface area contributed by atoms with Crippen LogP contribution in [0, 0.1) is 31.6 Å². The number of carbonyl (C=O) groups excluding carboxylic acids is 3. The minimum atomic E-state index is -1.30. The van der Waals surface area contributed by atoms with Crippen molar-refractivity contribution in [2.24, 2.45) is 17.8 Å². The zero-order chi connectivity index (χ0) is 28.1. The molecule has 1 N–H and O–H groups in total. The fraction of sp³-hybridized carbons (Fsp3) is 0.581. The molecule has 1 aromatic rings. The third-order valence-corrected chi connectivity index (χ3v) is 8.73. The van der Waals surface area contributed by atoms with Gasteiger partial charge in [0.15, 0.2) is 0 Å². The standard InChI is InChI=1S/C31H41N3O5/c1-6-14-32-15-8-12-23-24(28(32)36)25-29(37)34(22(18-35)17-19(2)3)27-30(38)33(16-9-13-31(25,27)39-23)26-20(4)10-7-11-21(26)5/h7-13,19,22-25,27,35H,6,14-18H2,1-5H3/t22-,23-,24+,25+,27?,31+/m1/s1. The molecule has 210 valence electrons. The van der Waals surface area contributed by atoms with Crippen molar-refractivity contribution in [3.8, 4) is 0 Å². The summed E-state index contributed by atoms with van der Waals surface area (Å²) in [4.78, 5) is 48.2. The average molecular weight is 536 g/mol. The van der Waals surface area contributed by atoms with Crippen molar-refractivity contribution in [1.82, 2.24) is 9.80 Å². The average Bonchev–Trinajstić information content (AvgIpc) is 3.21. The van der Waals surface area contributed by atoms with Crippen LogP contribution in [0.1, 0.15) is 44.7 Å². The van der Waals surface area contributed by atoms with Crippen LogP contribution in [-0.4, -0.2) is 82.7 Å². The molecular formula is C31H41N3O5. The zero-order valence-electron chi connectivity index (χ0n) is 23.7. The molecule has 2 saturated heterocycles. The van der Waals surface area contributed by atoms with E-state index in [0.717, 1.165) is 23.2 Å². The number of aryl methyl sites for hydroxylation is 2. The van der Waals surface area contributed by atoms with Crippen molar-refractivity contribution in [3.05, 3.63) is 53.6 Å². The van der Waals surface area contributed by atoms with E-state index in [-0.39, 0.29) is 30.2 Å². The number of carbonyl (C=O) groups is 3. The highest BCUT2D eigenvalue weighted by molar-refractivity contribution is 6.06. The quantitative estimate of drug-likeness (QED) is 0.542. The number of hydrogen-bond acceptors (Lipinski definition) is 5. The van der Waals surface area contributed by atoms with Gasteiger partial charge in [-0.3, -0.25) is 14.4 Å². The van der Waals surface area contributed by atoms with Crippen LogP contribution in [0.5, 0.6) is 0 Å². The summed E-state index contributed by atoms with van der Waals surface area (Å²) in [6.45, 7) is 11.2. The van der Waals surface area contributed by atoms with Gasteiger partial charge in [-0.05, 0) is 43.7 Å². The SMILES string of the molecule is CCCN1CC=C[C@H]2O[C@]34C=CCN(c5c(C)cccc5C)C(=O)C3N([C@@H](CO)CC(C)C)C(=O)[C@@H]4[C@H]2C1=O. The summed E-state index contributed by atoms with van der Waals surface area (Å²) in [5, 5.41) is 10.5. The first-order valence-electron chi connectivity index (χ1n) is 14.3. The van der Waals surface area contributed by atoms with Crippen LogP contribution in [0.25, 0.3) is 0 Å². The number of benzene rings is 1. The second-order valence-corrected chi connectivity index (χ2v) is 11.9. The van der Waals surface area contributed by atoms with Crippen LogP contribution < -0.4 is 4.90 Å². The molecule has 3 amide bonds. The Balaban J connectivity index is 1.66. The van der Waals surface area contributed by atoms with E-state index in [1.165, 1.54) is 0 Å². The van der Waals surface area contributed by atoms with Crippen molar-refractivity contribution in [2.45, 2.75) is 71.2 Å². The van der Waals surface area contributed by atoms with Crippen molar-refractivity contribution in [3.63, 3.8) is 0 Å². The molecule has 0 aromatic heterocycles. The molecule has 0 bridgehead atoms. The molecule has 6 atom stereocenters. The number of likely N-dealkylation sites (tertiary alicyclic amines) is 1. The minimum Gasteiger partial charge on any atom is -0.394 e. The Morgan fingerprint density at radius 2 is 1.77 bits per heavy atom. The van der Waals surface area contributed by atoms with Gasteiger partial charge in [0.2, 0.25) is 11.8 Å². The van der Waals surface area contributed by atoms with Crippen LogP contribution in [0.15, 0.2) is 42.5 Å². The molecule has 1 spiro atoms. The maximum atomic E-state index is 14.7. The normalized spacial score (nSPS) is 30.9. The Labute approximate surface area is 231 Å². The largest absolute Gasteiger partial charge is 0.394 e. The Kier molecular flexibility index (Phi) is 7.46. The first-order chi connectivity index (χ1) is 18.7. The van der Waals surface area contributed by atoms with E-state index < -0.39 is 35.6 Å². The summed E-state index contributed by atoms with van der Waals surface area (Å²) in [6.07, 6.45) is 8.35. The molecule has 0 saturated carbocycles. The number of aliphatic hydroxyl groups is 1. The lowest BCUT2D eigenvalue weighted by molar-refractivity contribution is -0.147. The highest BCUT2D eigenvalue weighted by Gasteiger charge is 2.72. The lowest BCUT2D eigenvalue weighted by Gasteiger charge is -2.39. The number of anilines is 1. The molecule has 1 unspecified atom stereocenters. The van der Waals surface area contributed by atoms with Gasteiger partial charge >= 0.3 is 0 Å². The van der Waals surface area contributed by atoms with E-state index in [2.05, 4.69) is 0 Å². The van der Waals surface area contributed by atoms with E-state index in [0.29, 0.717) is 26.1 Å². The Morgan fingerprint density at radius 1 is 1.05 bits per heavy atom. The molecule has 0 aliphatic carbocycles. The van der Waals surface area contributed by atoms with Crippen molar-refractivity contribution in [1.29, 1.82) is 0 Å². The molecule has 4 aliphatic rings. The van der Waals surface area contributed by atoms with Gasteiger partial charge in [-0.2, -0.15) is 0 Å². The fourth-order valence-corrected chi connectivity index (χ4v) is 7.25. The zero-order valence-corrected chi connectivity index (χ0v) is 23.7. The number of nitrogens with zero attached hydrogens (tertiary/aromatic N) is 3. The summed E-state index contributed by atoms with van der Waals surface area (Å²) in [5.41, 5.74) is 1.45. The maximum Gasteiger partial charge on any atom is 0.253 e. The van der Waals surface area contributed by atoms with E-state index in [9.17, 15) is 19.5 Å². The molecule has 5 rings (SSSR count). The smallest absolute Gasteiger partial charge is 0.253 e. The highest BCUT2D eigenvalue weighted by atomic mass is 16.5. The molecule has 0 radical (unpaired) electrons. The Morgan fingerprint density at radius 3 is 2.41 bits per heavy atom. The van der Waals surface area contributed by atoms with Crippen molar-refractivity contribution < 1.29 is 24.2 Å². The second-order valence-electron chi connectivity index (χ2n) is 11.9. The van der Waals surface area contributed by atoms with E-state index >= 15 is 0 Å². The topological polar surface area (TPSA) is 90.4 Å². The first kappa shape index (κ1) is 27.6. The number of aliphatic hydroxyl groups excluding tert-OH is 1. The molecule has 39 heavy (non-hydrogen) atoms. The van der Waals surface area contributed by atoms with Crippen LogP contribution in [0.3, 0.4) is 0 Å². The Hall–Kier alpha value is -2.97. The molecule has 4 heterocycles.